The normalized spacial score (nSPS) is 14.9. The van der Waals surface area contributed by atoms with Crippen LogP contribution < -0.4 is 0 Å². The minimum atomic E-state index is 0.275. The molecule has 0 aliphatic carbocycles. The molecule has 0 N–H and O–H groups in total. The van der Waals surface area contributed by atoms with Gasteiger partial charge in [-0.1, -0.05) is 80.6 Å². The molecule has 3 aromatic carbocycles. The van der Waals surface area contributed by atoms with Gasteiger partial charge in [0.15, 0.2) is 0 Å². The van der Waals surface area contributed by atoms with Crippen LogP contribution in [0.15, 0.2) is 94.5 Å². The van der Waals surface area contributed by atoms with E-state index in [-0.39, 0.29) is 6.04 Å². The Morgan fingerprint density at radius 1 is 0.774 bits per heavy atom. The second-order valence-corrected chi connectivity index (χ2v) is 8.69. The average molecular weight is 406 g/mol. The van der Waals surface area contributed by atoms with E-state index in [1.54, 1.807) is 0 Å². The Bertz CT molecular complexity index is 1200. The Hall–Kier alpha value is -3.39. The summed E-state index contributed by atoms with van der Waals surface area (Å²) < 4.78 is 5.93. The van der Waals surface area contributed by atoms with Crippen LogP contribution in [-0.4, -0.2) is 6.21 Å². The van der Waals surface area contributed by atoms with Gasteiger partial charge >= 0.3 is 0 Å². The molecule has 0 radical (unpaired) electrons. The summed E-state index contributed by atoms with van der Waals surface area (Å²) in [7, 11) is 0. The quantitative estimate of drug-likeness (QED) is 0.325. The van der Waals surface area contributed by atoms with Crippen molar-refractivity contribution < 1.29 is 4.42 Å². The van der Waals surface area contributed by atoms with Gasteiger partial charge in [0.25, 0.3) is 0 Å². The zero-order valence-corrected chi connectivity index (χ0v) is 18.1. The fourth-order valence-corrected chi connectivity index (χ4v) is 4.32. The van der Waals surface area contributed by atoms with E-state index < -0.39 is 0 Å². The van der Waals surface area contributed by atoms with E-state index in [2.05, 4.69) is 97.7 Å². The summed E-state index contributed by atoms with van der Waals surface area (Å²) in [6.45, 7) is 4.44. The van der Waals surface area contributed by atoms with Crippen molar-refractivity contribution in [2.24, 2.45) is 10.9 Å². The monoisotopic (exact) mass is 405 g/mol. The maximum Gasteiger partial charge on any atom is 0.134 e. The lowest BCUT2D eigenvalue weighted by molar-refractivity contribution is 0.525. The number of furan rings is 1. The molecular weight excluding hydrogens is 378 g/mol. The molecule has 5 rings (SSSR count). The summed E-state index contributed by atoms with van der Waals surface area (Å²) in [5, 5.41) is 0. The van der Waals surface area contributed by atoms with Crippen molar-refractivity contribution in [2.75, 3.05) is 0 Å². The van der Waals surface area contributed by atoms with E-state index >= 15 is 0 Å². The van der Waals surface area contributed by atoms with Gasteiger partial charge in [0.1, 0.15) is 5.76 Å². The zero-order chi connectivity index (χ0) is 21.2. The highest BCUT2D eigenvalue weighted by molar-refractivity contribution is 5.87. The van der Waals surface area contributed by atoms with Crippen molar-refractivity contribution in [3.05, 3.63) is 107 Å². The standard InChI is InChI=1S/C29H27NO/c1-20(2)29-27-15-14-24(16-25(27)18-30-29)28-17-26(19-31-28)23-12-10-22(11-13-23)9-8-21-6-4-3-5-7-21/h3-7,10-20,29H,8-9H2,1-2H3. The second-order valence-electron chi connectivity index (χ2n) is 8.69. The van der Waals surface area contributed by atoms with Crippen LogP contribution in [0.5, 0.6) is 0 Å². The van der Waals surface area contributed by atoms with E-state index in [0.717, 1.165) is 29.7 Å². The van der Waals surface area contributed by atoms with Crippen LogP contribution in [-0.2, 0) is 12.8 Å². The van der Waals surface area contributed by atoms with Crippen molar-refractivity contribution in [3.8, 4) is 22.5 Å². The van der Waals surface area contributed by atoms with Gasteiger partial charge in [0.2, 0.25) is 0 Å². The molecule has 0 spiro atoms. The number of aryl methyl sites for hydroxylation is 2. The Morgan fingerprint density at radius 3 is 2.23 bits per heavy atom. The van der Waals surface area contributed by atoms with Crippen molar-refractivity contribution in [1.82, 2.24) is 0 Å². The molecule has 1 aliphatic heterocycles. The number of benzene rings is 3. The summed E-state index contributed by atoms with van der Waals surface area (Å²) in [5.41, 5.74) is 8.65. The minimum Gasteiger partial charge on any atom is -0.464 e. The fraction of sp³-hybridized carbons (Fsp3) is 0.207. The lowest BCUT2D eigenvalue weighted by Gasteiger charge is -2.13. The average Bonchev–Trinajstić information content (AvgIpc) is 3.46. The molecule has 31 heavy (non-hydrogen) atoms. The topological polar surface area (TPSA) is 25.5 Å². The van der Waals surface area contributed by atoms with Crippen LogP contribution in [0.4, 0.5) is 0 Å². The predicted octanol–water partition coefficient (Wildman–Crippen LogP) is 7.53. The molecule has 0 fully saturated rings. The lowest BCUT2D eigenvalue weighted by atomic mass is 9.94. The van der Waals surface area contributed by atoms with Gasteiger partial charge in [-0.2, -0.15) is 0 Å². The molecule has 4 aromatic rings. The number of fused-ring (bicyclic) bond motifs is 1. The third kappa shape index (κ3) is 4.11. The summed E-state index contributed by atoms with van der Waals surface area (Å²) >= 11 is 0. The Morgan fingerprint density at radius 2 is 1.48 bits per heavy atom. The number of rotatable bonds is 6. The summed E-state index contributed by atoms with van der Waals surface area (Å²) in [4.78, 5) is 4.68. The van der Waals surface area contributed by atoms with Gasteiger partial charge in [-0.25, -0.2) is 0 Å². The minimum absolute atomic E-state index is 0.275. The molecule has 1 aromatic heterocycles. The van der Waals surface area contributed by atoms with Crippen LogP contribution in [0.1, 0.15) is 42.1 Å². The molecule has 2 nitrogen and oxygen atoms in total. The number of aliphatic imine (C=N–C) groups is 1. The SMILES string of the molecule is CC(C)C1N=Cc2cc(-c3cc(-c4ccc(CCc5ccccc5)cc4)co3)ccc21. The molecule has 2 heteroatoms. The number of nitrogens with zero attached hydrogens (tertiary/aromatic N) is 1. The van der Waals surface area contributed by atoms with Gasteiger partial charge in [-0.05, 0) is 58.7 Å². The van der Waals surface area contributed by atoms with E-state index in [1.165, 1.54) is 27.8 Å². The van der Waals surface area contributed by atoms with Crippen LogP contribution in [0.3, 0.4) is 0 Å². The zero-order valence-electron chi connectivity index (χ0n) is 18.1. The molecule has 0 amide bonds. The first-order chi connectivity index (χ1) is 15.2. The van der Waals surface area contributed by atoms with Gasteiger partial charge in [0, 0.05) is 17.3 Å². The van der Waals surface area contributed by atoms with Gasteiger partial charge in [-0.15, -0.1) is 0 Å². The van der Waals surface area contributed by atoms with Gasteiger partial charge in [-0.3, -0.25) is 4.99 Å². The predicted molar refractivity (Wildman–Crippen MR) is 129 cm³/mol. The van der Waals surface area contributed by atoms with Crippen LogP contribution in [0, 0.1) is 5.92 Å². The first-order valence-corrected chi connectivity index (χ1v) is 11.1. The second kappa shape index (κ2) is 8.39. The Kier molecular flexibility index (Phi) is 5.30. The molecule has 0 saturated heterocycles. The van der Waals surface area contributed by atoms with Gasteiger partial charge in [0.05, 0.1) is 12.3 Å². The van der Waals surface area contributed by atoms with Crippen LogP contribution >= 0.6 is 0 Å². The van der Waals surface area contributed by atoms with Crippen LogP contribution in [0.25, 0.3) is 22.5 Å². The highest BCUT2D eigenvalue weighted by atomic mass is 16.3. The summed E-state index contributed by atoms with van der Waals surface area (Å²) in [6.07, 6.45) is 5.97. The maximum atomic E-state index is 5.93. The number of hydrogen-bond donors (Lipinski definition) is 0. The van der Waals surface area contributed by atoms with Crippen molar-refractivity contribution in [3.63, 3.8) is 0 Å². The van der Waals surface area contributed by atoms with Crippen molar-refractivity contribution in [1.29, 1.82) is 0 Å². The molecule has 1 atom stereocenters. The largest absolute Gasteiger partial charge is 0.464 e. The molecule has 0 saturated carbocycles. The summed E-state index contributed by atoms with van der Waals surface area (Å²) in [6, 6.07) is 28.4. The molecule has 1 unspecified atom stereocenters. The molecule has 0 bridgehead atoms. The lowest BCUT2D eigenvalue weighted by Crippen LogP contribution is -2.01. The summed E-state index contributed by atoms with van der Waals surface area (Å²) in [5.74, 6) is 1.40. The highest BCUT2D eigenvalue weighted by Gasteiger charge is 2.22. The van der Waals surface area contributed by atoms with E-state index in [0.29, 0.717) is 5.92 Å². The van der Waals surface area contributed by atoms with E-state index in [1.807, 2.05) is 12.5 Å². The first-order valence-electron chi connectivity index (χ1n) is 11.1. The first kappa shape index (κ1) is 19.6. The third-order valence-corrected chi connectivity index (χ3v) is 6.13. The Balaban J connectivity index is 1.30. The van der Waals surface area contributed by atoms with E-state index in [9.17, 15) is 0 Å². The smallest absolute Gasteiger partial charge is 0.134 e. The fourth-order valence-electron chi connectivity index (χ4n) is 4.32. The van der Waals surface area contributed by atoms with Gasteiger partial charge < -0.3 is 4.42 Å². The maximum absolute atomic E-state index is 5.93. The van der Waals surface area contributed by atoms with Crippen LogP contribution in [0.2, 0.25) is 0 Å². The third-order valence-electron chi connectivity index (χ3n) is 6.13. The van der Waals surface area contributed by atoms with Crippen molar-refractivity contribution in [2.45, 2.75) is 32.7 Å². The molecular formula is C29H27NO. The molecule has 2 heterocycles. The number of hydrogen-bond acceptors (Lipinski definition) is 2. The Labute approximate surface area is 184 Å². The van der Waals surface area contributed by atoms with Crippen molar-refractivity contribution >= 4 is 6.21 Å². The molecule has 1 aliphatic rings. The molecule has 154 valence electrons. The van der Waals surface area contributed by atoms with E-state index in [4.69, 9.17) is 4.42 Å². The highest BCUT2D eigenvalue weighted by Crippen LogP contribution is 2.36.